The van der Waals surface area contributed by atoms with Gasteiger partial charge in [-0.3, -0.25) is 14.8 Å². The molecule has 0 aliphatic heterocycles. The summed E-state index contributed by atoms with van der Waals surface area (Å²) in [4.78, 5) is 20.8. The van der Waals surface area contributed by atoms with Gasteiger partial charge in [-0.05, 0) is 18.2 Å². The summed E-state index contributed by atoms with van der Waals surface area (Å²) < 4.78 is 10.4. The lowest BCUT2D eigenvalue weighted by Gasteiger charge is -2.13. The SMILES string of the molecule is COc1cc(N)c(NC(=O)c2ccc3nccnc3c2)cc1OC. The number of aromatic nitrogens is 2. The van der Waals surface area contributed by atoms with Gasteiger partial charge in [-0.15, -0.1) is 0 Å². The van der Waals surface area contributed by atoms with Crippen LogP contribution in [0.25, 0.3) is 11.0 Å². The zero-order chi connectivity index (χ0) is 17.1. The second kappa shape index (κ2) is 6.41. The number of ether oxygens (including phenoxy) is 2. The first-order valence-electron chi connectivity index (χ1n) is 7.16. The summed E-state index contributed by atoms with van der Waals surface area (Å²) in [5.74, 6) is 0.668. The van der Waals surface area contributed by atoms with Crippen LogP contribution in [-0.2, 0) is 0 Å². The molecule has 3 rings (SSSR count). The maximum atomic E-state index is 12.5. The van der Waals surface area contributed by atoms with Crippen molar-refractivity contribution >= 4 is 28.3 Å². The van der Waals surface area contributed by atoms with Gasteiger partial charge in [0.1, 0.15) is 0 Å². The fourth-order valence-corrected chi connectivity index (χ4v) is 2.30. The van der Waals surface area contributed by atoms with Crippen LogP contribution in [-0.4, -0.2) is 30.1 Å². The zero-order valence-electron chi connectivity index (χ0n) is 13.2. The Hall–Kier alpha value is -3.35. The predicted molar refractivity (Wildman–Crippen MR) is 91.4 cm³/mol. The Morgan fingerprint density at radius 1 is 1.00 bits per heavy atom. The van der Waals surface area contributed by atoms with Gasteiger partial charge in [-0.1, -0.05) is 0 Å². The highest BCUT2D eigenvalue weighted by molar-refractivity contribution is 6.07. The second-order valence-electron chi connectivity index (χ2n) is 5.01. The molecule has 1 heterocycles. The number of nitrogens with one attached hydrogen (secondary N) is 1. The summed E-state index contributed by atoms with van der Waals surface area (Å²) in [5, 5.41) is 2.77. The minimum absolute atomic E-state index is 0.304. The van der Waals surface area contributed by atoms with E-state index in [-0.39, 0.29) is 5.91 Å². The Morgan fingerprint density at radius 2 is 1.67 bits per heavy atom. The van der Waals surface area contributed by atoms with Crippen molar-refractivity contribution in [2.45, 2.75) is 0 Å². The lowest BCUT2D eigenvalue weighted by molar-refractivity contribution is 0.102. The highest BCUT2D eigenvalue weighted by Crippen LogP contribution is 2.35. The van der Waals surface area contributed by atoms with Crippen molar-refractivity contribution in [3.05, 3.63) is 48.3 Å². The van der Waals surface area contributed by atoms with Crippen LogP contribution in [0.1, 0.15) is 10.4 Å². The molecule has 7 nitrogen and oxygen atoms in total. The Bertz CT molecular complexity index is 911. The molecule has 1 aromatic heterocycles. The number of benzene rings is 2. The van der Waals surface area contributed by atoms with Crippen molar-refractivity contribution in [1.82, 2.24) is 9.97 Å². The van der Waals surface area contributed by atoms with E-state index in [0.717, 1.165) is 5.52 Å². The molecular formula is C17H16N4O3. The topological polar surface area (TPSA) is 99.4 Å². The van der Waals surface area contributed by atoms with Crippen LogP contribution in [0, 0.1) is 0 Å². The molecule has 0 fully saturated rings. The van der Waals surface area contributed by atoms with E-state index >= 15 is 0 Å². The van der Waals surface area contributed by atoms with Gasteiger partial charge >= 0.3 is 0 Å². The third-order valence-electron chi connectivity index (χ3n) is 3.54. The smallest absolute Gasteiger partial charge is 0.255 e. The number of hydrogen-bond acceptors (Lipinski definition) is 6. The summed E-state index contributed by atoms with van der Waals surface area (Å²) in [6.45, 7) is 0. The number of carbonyl (C=O) groups is 1. The van der Waals surface area contributed by atoms with Crippen LogP contribution in [0.3, 0.4) is 0 Å². The van der Waals surface area contributed by atoms with Gasteiger partial charge in [0.15, 0.2) is 11.5 Å². The van der Waals surface area contributed by atoms with Gasteiger partial charge in [-0.25, -0.2) is 0 Å². The number of nitrogens with zero attached hydrogens (tertiary/aromatic N) is 2. The van der Waals surface area contributed by atoms with Crippen molar-refractivity contribution in [2.24, 2.45) is 0 Å². The number of nitrogens with two attached hydrogens (primary N) is 1. The molecule has 1 amide bonds. The largest absolute Gasteiger partial charge is 0.493 e. The summed E-state index contributed by atoms with van der Waals surface area (Å²) in [6.07, 6.45) is 3.18. The van der Waals surface area contributed by atoms with Gasteiger partial charge in [0.25, 0.3) is 5.91 Å². The fourth-order valence-electron chi connectivity index (χ4n) is 2.30. The first-order chi connectivity index (χ1) is 11.6. The monoisotopic (exact) mass is 324 g/mol. The van der Waals surface area contributed by atoms with Crippen molar-refractivity contribution in [2.75, 3.05) is 25.3 Å². The normalized spacial score (nSPS) is 10.4. The average molecular weight is 324 g/mol. The summed E-state index contributed by atoms with van der Waals surface area (Å²) in [7, 11) is 3.04. The third-order valence-corrected chi connectivity index (χ3v) is 3.54. The van der Waals surface area contributed by atoms with Crippen LogP contribution < -0.4 is 20.5 Å². The maximum Gasteiger partial charge on any atom is 0.255 e. The van der Waals surface area contributed by atoms with Crippen molar-refractivity contribution in [3.63, 3.8) is 0 Å². The molecular weight excluding hydrogens is 308 g/mol. The Balaban J connectivity index is 1.90. The lowest BCUT2D eigenvalue weighted by Crippen LogP contribution is -2.13. The highest BCUT2D eigenvalue weighted by atomic mass is 16.5. The molecule has 7 heteroatoms. The number of hydrogen-bond donors (Lipinski definition) is 2. The standard InChI is InChI=1S/C17H16N4O3/c1-23-15-8-11(18)13(9-16(15)24-2)21-17(22)10-3-4-12-14(7-10)20-6-5-19-12/h3-9H,18H2,1-2H3,(H,21,22). The molecule has 2 aromatic carbocycles. The molecule has 0 aliphatic rings. The van der Waals surface area contributed by atoms with E-state index in [1.165, 1.54) is 14.2 Å². The molecule has 0 aliphatic carbocycles. The van der Waals surface area contributed by atoms with Gasteiger partial charge in [-0.2, -0.15) is 0 Å². The van der Waals surface area contributed by atoms with Crippen molar-refractivity contribution in [3.8, 4) is 11.5 Å². The minimum atomic E-state index is -0.304. The molecule has 0 radical (unpaired) electrons. The fraction of sp³-hybridized carbons (Fsp3) is 0.118. The summed E-state index contributed by atoms with van der Waals surface area (Å²) >= 11 is 0. The molecule has 3 N–H and O–H groups in total. The van der Waals surface area contributed by atoms with Gasteiger partial charge in [0.05, 0.1) is 36.6 Å². The van der Waals surface area contributed by atoms with E-state index in [1.807, 2.05) is 0 Å². The first-order valence-corrected chi connectivity index (χ1v) is 7.16. The molecule has 0 spiro atoms. The number of carbonyl (C=O) groups excluding carboxylic acids is 1. The molecule has 0 unspecified atom stereocenters. The number of methoxy groups -OCH3 is 2. The van der Waals surface area contributed by atoms with Crippen LogP contribution in [0.15, 0.2) is 42.7 Å². The van der Waals surface area contributed by atoms with Gasteiger partial charge < -0.3 is 20.5 Å². The Labute approximate surface area is 138 Å². The number of nitrogen functional groups attached to an aromatic ring is 1. The number of anilines is 2. The predicted octanol–water partition coefficient (Wildman–Crippen LogP) is 2.48. The van der Waals surface area contributed by atoms with E-state index in [1.54, 1.807) is 42.7 Å². The average Bonchev–Trinajstić information content (AvgIpc) is 2.62. The van der Waals surface area contributed by atoms with Crippen molar-refractivity contribution < 1.29 is 14.3 Å². The Morgan fingerprint density at radius 3 is 2.38 bits per heavy atom. The molecule has 0 saturated carbocycles. The van der Waals surface area contributed by atoms with E-state index < -0.39 is 0 Å². The van der Waals surface area contributed by atoms with Crippen LogP contribution in [0.5, 0.6) is 11.5 Å². The second-order valence-corrected chi connectivity index (χ2v) is 5.01. The van der Waals surface area contributed by atoms with Gasteiger partial charge in [0.2, 0.25) is 0 Å². The molecule has 0 bridgehead atoms. The number of fused-ring (bicyclic) bond motifs is 1. The van der Waals surface area contributed by atoms with Gasteiger partial charge in [0, 0.05) is 30.1 Å². The van der Waals surface area contributed by atoms with E-state index in [4.69, 9.17) is 15.2 Å². The van der Waals surface area contributed by atoms with Crippen LogP contribution in [0.2, 0.25) is 0 Å². The zero-order valence-corrected chi connectivity index (χ0v) is 13.2. The third kappa shape index (κ3) is 2.91. The number of amides is 1. The van der Waals surface area contributed by atoms with E-state index in [2.05, 4.69) is 15.3 Å². The Kier molecular flexibility index (Phi) is 4.15. The number of rotatable bonds is 4. The highest BCUT2D eigenvalue weighted by Gasteiger charge is 2.13. The molecule has 3 aromatic rings. The minimum Gasteiger partial charge on any atom is -0.493 e. The van der Waals surface area contributed by atoms with E-state index in [9.17, 15) is 4.79 Å². The van der Waals surface area contributed by atoms with Crippen molar-refractivity contribution in [1.29, 1.82) is 0 Å². The van der Waals surface area contributed by atoms with E-state index in [0.29, 0.717) is 34.0 Å². The van der Waals surface area contributed by atoms with Crippen LogP contribution >= 0.6 is 0 Å². The molecule has 0 atom stereocenters. The first kappa shape index (κ1) is 15.5. The molecule has 122 valence electrons. The quantitative estimate of drug-likeness (QED) is 0.715. The molecule has 0 saturated heterocycles. The maximum absolute atomic E-state index is 12.5. The lowest BCUT2D eigenvalue weighted by atomic mass is 10.1. The summed E-state index contributed by atoms with van der Waals surface area (Å²) in [5.41, 5.74) is 8.60. The summed E-state index contributed by atoms with van der Waals surface area (Å²) in [6, 6.07) is 8.32. The van der Waals surface area contributed by atoms with Crippen LogP contribution in [0.4, 0.5) is 11.4 Å². The molecule has 24 heavy (non-hydrogen) atoms.